The van der Waals surface area contributed by atoms with Crippen LogP contribution >= 0.6 is 0 Å². The maximum absolute atomic E-state index is 13.2. The van der Waals surface area contributed by atoms with Crippen LogP contribution in [0.3, 0.4) is 0 Å². The number of morpholine rings is 1. The monoisotopic (exact) mass is 690 g/mol. The van der Waals surface area contributed by atoms with Gasteiger partial charge in [-0.15, -0.1) is 0 Å². The molecule has 4 rings (SSSR count). The first-order chi connectivity index (χ1) is 22.0. The standard InChI is InChI=1S/C25H39FN4O3.2C2HF3O2/c26-23-5-3-20(4-6-23)16-21-2-1-9-30(17-21)18-22-7-13-33-19-24(22)28-25(31)27-8-10-29-11-14-32-15-12-29;2*3-2(4,5)1(6)7/h3-6,21-22,24H,1-2,7-19H2,(H2,27,28,31);2*(H,6,7)/t21-,22-,24+;;/m0../s1. The van der Waals surface area contributed by atoms with E-state index in [0.29, 0.717) is 25.0 Å². The van der Waals surface area contributed by atoms with Gasteiger partial charge in [0.1, 0.15) is 5.82 Å². The highest BCUT2D eigenvalue weighted by Crippen LogP contribution is 2.24. The lowest BCUT2D eigenvalue weighted by molar-refractivity contribution is -0.193. The van der Waals surface area contributed by atoms with Crippen LogP contribution < -0.4 is 10.6 Å². The predicted octanol–water partition coefficient (Wildman–Crippen LogP) is 3.38. The van der Waals surface area contributed by atoms with Gasteiger partial charge in [-0.05, 0) is 61.8 Å². The van der Waals surface area contributed by atoms with Gasteiger partial charge in [-0.25, -0.2) is 18.8 Å². The van der Waals surface area contributed by atoms with Crippen molar-refractivity contribution in [3.63, 3.8) is 0 Å². The van der Waals surface area contributed by atoms with Crippen LogP contribution in [0.15, 0.2) is 24.3 Å². The van der Waals surface area contributed by atoms with E-state index in [4.69, 9.17) is 29.3 Å². The molecule has 4 N–H and O–H groups in total. The van der Waals surface area contributed by atoms with Gasteiger partial charge in [-0.3, -0.25) is 4.90 Å². The van der Waals surface area contributed by atoms with E-state index in [9.17, 15) is 35.5 Å². The Morgan fingerprint density at radius 2 is 1.45 bits per heavy atom. The third-order valence-corrected chi connectivity index (χ3v) is 7.65. The molecule has 0 radical (unpaired) electrons. The van der Waals surface area contributed by atoms with Crippen LogP contribution in [0.5, 0.6) is 0 Å². The third kappa shape index (κ3) is 16.4. The van der Waals surface area contributed by atoms with Crippen molar-refractivity contribution in [2.75, 3.05) is 72.2 Å². The van der Waals surface area contributed by atoms with Crippen molar-refractivity contribution >= 4 is 18.0 Å². The molecule has 0 spiro atoms. The number of ether oxygens (including phenoxy) is 2. The number of carbonyl (C=O) groups excluding carboxylic acids is 1. The molecule has 3 aliphatic rings. The number of nitrogens with one attached hydrogen (secondary N) is 2. The van der Waals surface area contributed by atoms with E-state index in [2.05, 4.69) is 20.4 Å². The molecule has 11 nitrogen and oxygen atoms in total. The zero-order valence-corrected chi connectivity index (χ0v) is 25.6. The maximum Gasteiger partial charge on any atom is 0.490 e. The first kappa shape index (κ1) is 40.0. The number of hydrogen-bond donors (Lipinski definition) is 4. The second kappa shape index (κ2) is 19.6. The number of amides is 2. The fraction of sp³-hybridized carbons (Fsp3) is 0.690. The lowest BCUT2D eigenvalue weighted by Crippen LogP contribution is -2.54. The summed E-state index contributed by atoms with van der Waals surface area (Å²) in [5.41, 5.74) is 1.21. The van der Waals surface area contributed by atoms with Crippen LogP contribution in [0, 0.1) is 17.7 Å². The topological polar surface area (TPSA) is 141 Å². The Balaban J connectivity index is 0.000000459. The van der Waals surface area contributed by atoms with Crippen LogP contribution in [0.25, 0.3) is 0 Å². The second-order valence-electron chi connectivity index (χ2n) is 11.3. The number of urea groups is 1. The number of rotatable bonds is 8. The minimum Gasteiger partial charge on any atom is -0.475 e. The summed E-state index contributed by atoms with van der Waals surface area (Å²) in [7, 11) is 0. The zero-order chi connectivity index (χ0) is 35.0. The third-order valence-electron chi connectivity index (χ3n) is 7.65. The summed E-state index contributed by atoms with van der Waals surface area (Å²) in [5.74, 6) is -4.69. The summed E-state index contributed by atoms with van der Waals surface area (Å²) in [4.78, 5) is 35.2. The molecule has 0 unspecified atom stereocenters. The Labute approximate surface area is 267 Å². The first-order valence-corrected chi connectivity index (χ1v) is 15.0. The number of nitrogens with zero attached hydrogens (tertiary/aromatic N) is 2. The first-order valence-electron chi connectivity index (χ1n) is 15.0. The molecule has 3 atom stereocenters. The molecule has 3 fully saturated rings. The molecule has 0 aliphatic carbocycles. The highest BCUT2D eigenvalue weighted by Gasteiger charge is 2.39. The van der Waals surface area contributed by atoms with Gasteiger partial charge in [0.15, 0.2) is 0 Å². The Kier molecular flexibility index (Phi) is 16.6. The molecular formula is C29H41F7N4O7. The summed E-state index contributed by atoms with van der Waals surface area (Å²) in [6.45, 7) is 9.39. The molecule has 3 aliphatic heterocycles. The van der Waals surface area contributed by atoms with Gasteiger partial charge in [0.25, 0.3) is 0 Å². The number of carbonyl (C=O) groups is 3. The largest absolute Gasteiger partial charge is 0.490 e. The van der Waals surface area contributed by atoms with Gasteiger partial charge in [-0.2, -0.15) is 26.3 Å². The van der Waals surface area contributed by atoms with Crippen molar-refractivity contribution < 1.29 is 64.8 Å². The number of likely N-dealkylation sites (tertiary alicyclic amines) is 1. The van der Waals surface area contributed by atoms with Crippen LogP contribution in [0.4, 0.5) is 35.5 Å². The second-order valence-corrected chi connectivity index (χ2v) is 11.3. The summed E-state index contributed by atoms with van der Waals surface area (Å²) >= 11 is 0. The molecule has 2 amide bonds. The quantitative estimate of drug-likeness (QED) is 0.303. The van der Waals surface area contributed by atoms with E-state index in [1.54, 1.807) is 12.1 Å². The predicted molar refractivity (Wildman–Crippen MR) is 153 cm³/mol. The Bertz CT molecular complexity index is 1080. The fourth-order valence-electron chi connectivity index (χ4n) is 5.30. The normalized spacial score (nSPS) is 22.5. The van der Waals surface area contributed by atoms with Gasteiger partial charge in [0, 0.05) is 45.9 Å². The summed E-state index contributed by atoms with van der Waals surface area (Å²) in [5, 5.41) is 20.4. The molecule has 1 aromatic carbocycles. The number of carboxylic acid groups (broad SMARTS) is 2. The van der Waals surface area contributed by atoms with E-state index in [-0.39, 0.29) is 17.9 Å². The molecule has 3 saturated heterocycles. The van der Waals surface area contributed by atoms with Crippen molar-refractivity contribution in [2.45, 2.75) is 44.1 Å². The van der Waals surface area contributed by atoms with Crippen molar-refractivity contribution in [1.82, 2.24) is 20.4 Å². The smallest absolute Gasteiger partial charge is 0.475 e. The molecule has 18 heteroatoms. The van der Waals surface area contributed by atoms with E-state index in [0.717, 1.165) is 71.9 Å². The Morgan fingerprint density at radius 3 is 2.02 bits per heavy atom. The highest BCUT2D eigenvalue weighted by molar-refractivity contribution is 5.74. The molecule has 3 heterocycles. The van der Waals surface area contributed by atoms with Gasteiger partial charge in [0.2, 0.25) is 0 Å². The van der Waals surface area contributed by atoms with Gasteiger partial charge in [-0.1, -0.05) is 12.1 Å². The number of halogens is 7. The lowest BCUT2D eigenvalue weighted by atomic mass is 9.89. The highest BCUT2D eigenvalue weighted by atomic mass is 19.4. The molecule has 0 saturated carbocycles. The molecule has 268 valence electrons. The molecule has 1 aromatic rings. The van der Waals surface area contributed by atoms with Crippen LogP contribution in [0.1, 0.15) is 24.8 Å². The minimum atomic E-state index is -5.08. The number of alkyl halides is 6. The number of hydrogen-bond acceptors (Lipinski definition) is 7. The number of aliphatic carboxylic acids is 2. The van der Waals surface area contributed by atoms with Crippen molar-refractivity contribution in [2.24, 2.45) is 11.8 Å². The van der Waals surface area contributed by atoms with E-state index in [1.807, 2.05) is 12.1 Å². The van der Waals surface area contributed by atoms with Gasteiger partial charge >= 0.3 is 30.3 Å². The minimum absolute atomic E-state index is 0.0413. The van der Waals surface area contributed by atoms with Gasteiger partial charge in [0.05, 0.1) is 25.9 Å². The SMILES string of the molecule is O=C(NCCN1CCOCC1)N[C@@H]1COCC[C@H]1CN1CCC[C@@H](Cc2ccc(F)cc2)C1.O=C(O)C(F)(F)F.O=C(O)C(F)(F)F. The summed E-state index contributed by atoms with van der Waals surface area (Å²) in [6.07, 6.45) is -5.79. The van der Waals surface area contributed by atoms with E-state index >= 15 is 0 Å². The number of carboxylic acids is 2. The lowest BCUT2D eigenvalue weighted by Gasteiger charge is -2.39. The maximum atomic E-state index is 13.2. The zero-order valence-electron chi connectivity index (χ0n) is 25.6. The average molecular weight is 691 g/mol. The summed E-state index contributed by atoms with van der Waals surface area (Å²) in [6, 6.07) is 6.87. The molecule has 0 aromatic heterocycles. The van der Waals surface area contributed by atoms with Crippen LogP contribution in [0.2, 0.25) is 0 Å². The summed E-state index contributed by atoms with van der Waals surface area (Å²) < 4.78 is 87.7. The van der Waals surface area contributed by atoms with Crippen LogP contribution in [-0.2, 0) is 25.5 Å². The number of piperidine rings is 1. The van der Waals surface area contributed by atoms with Crippen molar-refractivity contribution in [3.05, 3.63) is 35.6 Å². The van der Waals surface area contributed by atoms with Gasteiger partial charge < -0.3 is 35.2 Å². The molecule has 0 bridgehead atoms. The van der Waals surface area contributed by atoms with Crippen molar-refractivity contribution in [3.8, 4) is 0 Å². The Morgan fingerprint density at radius 1 is 0.851 bits per heavy atom. The van der Waals surface area contributed by atoms with Crippen LogP contribution in [-0.4, -0.2) is 129 Å². The van der Waals surface area contributed by atoms with Crippen molar-refractivity contribution in [1.29, 1.82) is 0 Å². The number of benzene rings is 1. The molecule has 47 heavy (non-hydrogen) atoms. The van der Waals surface area contributed by atoms with E-state index < -0.39 is 24.3 Å². The fourth-order valence-corrected chi connectivity index (χ4v) is 5.30. The Hall–Kier alpha value is -3.22. The average Bonchev–Trinajstić information content (AvgIpc) is 3.00. The molecular weight excluding hydrogens is 649 g/mol. The van der Waals surface area contributed by atoms with E-state index in [1.165, 1.54) is 18.4 Å².